The molecule has 0 aliphatic heterocycles. The highest BCUT2D eigenvalue weighted by Gasteiger charge is 2.15. The molecule has 0 aliphatic rings. The van der Waals surface area contributed by atoms with Gasteiger partial charge < -0.3 is 5.32 Å². The van der Waals surface area contributed by atoms with Crippen LogP contribution in [-0.4, -0.2) is 36.8 Å². The Kier molecular flexibility index (Phi) is 4.89. The van der Waals surface area contributed by atoms with Gasteiger partial charge in [-0.15, -0.1) is 0 Å². The minimum absolute atomic E-state index is 0.166. The number of amides is 1. The van der Waals surface area contributed by atoms with E-state index in [1.807, 2.05) is 42.1 Å². The third kappa shape index (κ3) is 3.64. The summed E-state index contributed by atoms with van der Waals surface area (Å²) in [4.78, 5) is 17.0. The Morgan fingerprint density at radius 3 is 2.68 bits per heavy atom. The van der Waals surface area contributed by atoms with Gasteiger partial charge in [-0.05, 0) is 32.4 Å². The third-order valence-electron chi connectivity index (χ3n) is 4.62. The fourth-order valence-corrected chi connectivity index (χ4v) is 3.12. The molecule has 4 aromatic rings. The van der Waals surface area contributed by atoms with Crippen molar-refractivity contribution in [2.75, 3.05) is 6.54 Å². The van der Waals surface area contributed by atoms with Crippen molar-refractivity contribution in [2.24, 2.45) is 0 Å². The number of carbonyl (C=O) groups is 1. The van der Waals surface area contributed by atoms with Crippen molar-refractivity contribution in [3.05, 3.63) is 71.8 Å². The predicted octanol–water partition coefficient (Wildman–Crippen LogP) is 3.03. The summed E-state index contributed by atoms with van der Waals surface area (Å²) in [6.07, 6.45) is 6.03. The molecule has 0 spiro atoms. The Hall–Kier alpha value is -3.48. The summed E-state index contributed by atoms with van der Waals surface area (Å²) in [6, 6.07) is 12.1. The topological polar surface area (TPSA) is 77.1 Å². The lowest BCUT2D eigenvalue weighted by molar-refractivity contribution is 0.0954. The van der Waals surface area contributed by atoms with Gasteiger partial charge in [0, 0.05) is 31.0 Å². The summed E-state index contributed by atoms with van der Waals surface area (Å²) in [5.74, 6) is -0.166. The first-order valence-electron chi connectivity index (χ1n) is 9.30. The van der Waals surface area contributed by atoms with Gasteiger partial charge in [0.1, 0.15) is 5.56 Å². The van der Waals surface area contributed by atoms with Crippen LogP contribution in [0.4, 0.5) is 0 Å². The number of hydrogen-bond donors (Lipinski definition) is 1. The van der Waals surface area contributed by atoms with Gasteiger partial charge in [-0.25, -0.2) is 9.50 Å². The van der Waals surface area contributed by atoms with Crippen molar-refractivity contribution in [3.8, 4) is 11.3 Å². The van der Waals surface area contributed by atoms with Crippen LogP contribution in [0, 0.1) is 13.8 Å². The van der Waals surface area contributed by atoms with E-state index in [1.54, 1.807) is 16.9 Å². The molecular formula is C21H22N6O. The Balaban J connectivity index is 1.47. The van der Waals surface area contributed by atoms with Crippen LogP contribution in [0.2, 0.25) is 0 Å². The lowest BCUT2D eigenvalue weighted by Crippen LogP contribution is -2.25. The number of nitrogens with zero attached hydrogens (tertiary/aromatic N) is 5. The van der Waals surface area contributed by atoms with E-state index < -0.39 is 0 Å². The molecule has 142 valence electrons. The average molecular weight is 374 g/mol. The van der Waals surface area contributed by atoms with E-state index in [0.29, 0.717) is 17.8 Å². The molecule has 7 heteroatoms. The number of nitrogens with one attached hydrogen (secondary N) is 1. The fourth-order valence-electron chi connectivity index (χ4n) is 3.12. The second-order valence-electron chi connectivity index (χ2n) is 6.82. The zero-order valence-corrected chi connectivity index (χ0v) is 16.0. The fraction of sp³-hybridized carbons (Fsp3) is 0.238. The number of aryl methyl sites for hydroxylation is 3. The van der Waals surface area contributed by atoms with Gasteiger partial charge in [0.2, 0.25) is 0 Å². The molecule has 4 rings (SSSR count). The monoisotopic (exact) mass is 374 g/mol. The number of rotatable bonds is 6. The maximum atomic E-state index is 12.6. The van der Waals surface area contributed by atoms with Gasteiger partial charge in [0.05, 0.1) is 17.6 Å². The quantitative estimate of drug-likeness (QED) is 0.526. The number of benzene rings is 1. The lowest BCUT2D eigenvalue weighted by Gasteiger charge is -2.06. The standard InChI is InChI=1S/C21H22N6O/c1-15-4-6-17(7-5-15)19-8-11-22-20-18(14-24-27(19)20)21(28)23-10-3-12-26-13-9-16(2)25-26/h4-9,11,13-14H,3,10,12H2,1-2H3,(H,23,28). The predicted molar refractivity (Wildman–Crippen MR) is 107 cm³/mol. The number of hydrogen-bond acceptors (Lipinski definition) is 4. The molecule has 0 saturated carbocycles. The molecule has 0 radical (unpaired) electrons. The summed E-state index contributed by atoms with van der Waals surface area (Å²) in [7, 11) is 0. The molecule has 1 aromatic carbocycles. The molecule has 0 aliphatic carbocycles. The van der Waals surface area contributed by atoms with Gasteiger partial charge in [-0.1, -0.05) is 29.8 Å². The Labute approximate surface area is 163 Å². The van der Waals surface area contributed by atoms with Crippen LogP contribution in [0.25, 0.3) is 16.9 Å². The van der Waals surface area contributed by atoms with E-state index >= 15 is 0 Å². The van der Waals surface area contributed by atoms with E-state index in [1.165, 1.54) is 5.56 Å². The summed E-state index contributed by atoms with van der Waals surface area (Å²) >= 11 is 0. The first-order chi connectivity index (χ1) is 13.6. The van der Waals surface area contributed by atoms with Crippen LogP contribution >= 0.6 is 0 Å². The van der Waals surface area contributed by atoms with Gasteiger partial charge in [-0.2, -0.15) is 10.2 Å². The highest BCUT2D eigenvalue weighted by molar-refractivity contribution is 5.99. The van der Waals surface area contributed by atoms with Crippen molar-refractivity contribution < 1.29 is 4.79 Å². The Morgan fingerprint density at radius 1 is 1.11 bits per heavy atom. The van der Waals surface area contributed by atoms with Gasteiger partial charge >= 0.3 is 0 Å². The van der Waals surface area contributed by atoms with Crippen molar-refractivity contribution >= 4 is 11.6 Å². The van der Waals surface area contributed by atoms with Gasteiger partial charge in [0.15, 0.2) is 5.65 Å². The zero-order chi connectivity index (χ0) is 19.5. The minimum Gasteiger partial charge on any atom is -0.352 e. The van der Waals surface area contributed by atoms with Crippen LogP contribution < -0.4 is 5.32 Å². The van der Waals surface area contributed by atoms with Gasteiger partial charge in [-0.3, -0.25) is 9.48 Å². The number of carbonyl (C=O) groups excluding carboxylic acids is 1. The molecule has 1 N–H and O–H groups in total. The maximum absolute atomic E-state index is 12.6. The first-order valence-corrected chi connectivity index (χ1v) is 9.30. The highest BCUT2D eigenvalue weighted by atomic mass is 16.1. The average Bonchev–Trinajstić information content (AvgIpc) is 3.32. The summed E-state index contributed by atoms with van der Waals surface area (Å²) in [5, 5.41) is 11.7. The molecule has 0 unspecified atom stereocenters. The molecule has 0 atom stereocenters. The van der Waals surface area contributed by atoms with E-state index in [0.717, 1.165) is 29.9 Å². The van der Waals surface area contributed by atoms with Crippen molar-refractivity contribution in [1.29, 1.82) is 0 Å². The summed E-state index contributed by atoms with van der Waals surface area (Å²) in [5.41, 5.74) is 5.15. The smallest absolute Gasteiger partial charge is 0.256 e. The van der Waals surface area contributed by atoms with Crippen LogP contribution in [0.15, 0.2) is 55.0 Å². The molecule has 3 aromatic heterocycles. The molecule has 0 bridgehead atoms. The van der Waals surface area contributed by atoms with E-state index in [-0.39, 0.29) is 5.91 Å². The molecule has 7 nitrogen and oxygen atoms in total. The largest absolute Gasteiger partial charge is 0.352 e. The van der Waals surface area contributed by atoms with Crippen molar-refractivity contribution in [3.63, 3.8) is 0 Å². The van der Waals surface area contributed by atoms with Crippen LogP contribution in [0.3, 0.4) is 0 Å². The van der Waals surface area contributed by atoms with Crippen molar-refractivity contribution in [1.82, 2.24) is 29.7 Å². The molecule has 0 saturated heterocycles. The number of fused-ring (bicyclic) bond motifs is 1. The molecular weight excluding hydrogens is 352 g/mol. The van der Waals surface area contributed by atoms with E-state index in [9.17, 15) is 4.79 Å². The second kappa shape index (κ2) is 7.64. The van der Waals surface area contributed by atoms with Crippen LogP contribution in [0.1, 0.15) is 28.0 Å². The van der Waals surface area contributed by atoms with Crippen LogP contribution in [0.5, 0.6) is 0 Å². The zero-order valence-electron chi connectivity index (χ0n) is 16.0. The molecule has 28 heavy (non-hydrogen) atoms. The summed E-state index contributed by atoms with van der Waals surface area (Å²) in [6.45, 7) is 5.34. The normalized spacial score (nSPS) is 11.1. The van der Waals surface area contributed by atoms with Crippen LogP contribution in [-0.2, 0) is 6.54 Å². The Morgan fingerprint density at radius 2 is 1.93 bits per heavy atom. The maximum Gasteiger partial charge on any atom is 0.256 e. The van der Waals surface area contributed by atoms with Gasteiger partial charge in [0.25, 0.3) is 5.91 Å². The second-order valence-corrected chi connectivity index (χ2v) is 6.82. The lowest BCUT2D eigenvalue weighted by atomic mass is 10.1. The SMILES string of the molecule is Cc1ccc(-c2ccnc3c(C(=O)NCCCn4ccc(C)n4)cnn23)cc1. The minimum atomic E-state index is -0.166. The summed E-state index contributed by atoms with van der Waals surface area (Å²) < 4.78 is 3.60. The molecule has 3 heterocycles. The molecule has 1 amide bonds. The molecule has 0 fully saturated rings. The van der Waals surface area contributed by atoms with E-state index in [2.05, 4.69) is 39.6 Å². The third-order valence-corrected chi connectivity index (χ3v) is 4.62. The van der Waals surface area contributed by atoms with E-state index in [4.69, 9.17) is 0 Å². The van der Waals surface area contributed by atoms with Crippen molar-refractivity contribution in [2.45, 2.75) is 26.8 Å². The number of aromatic nitrogens is 5. The highest BCUT2D eigenvalue weighted by Crippen LogP contribution is 2.21. The Bertz CT molecular complexity index is 1110. The first kappa shape index (κ1) is 17.9.